The predicted octanol–water partition coefficient (Wildman–Crippen LogP) is 7.98. The molecule has 2 N–H and O–H groups in total. The molecule has 1 rings (SSSR count). The molecule has 0 aliphatic heterocycles. The summed E-state index contributed by atoms with van der Waals surface area (Å²) >= 11 is 17.6. The molecule has 0 radical (unpaired) electrons. The molecule has 1 unspecified atom stereocenters. The maximum atomic E-state index is 11.5. The van der Waals surface area contributed by atoms with Crippen molar-refractivity contribution in [3.63, 3.8) is 0 Å². The Balaban J connectivity index is 1.95. The summed E-state index contributed by atoms with van der Waals surface area (Å²) in [5.41, 5.74) is 1.29. The minimum Gasteiger partial charge on any atom is -0.481 e. The lowest BCUT2D eigenvalue weighted by molar-refractivity contribution is -0.142. The van der Waals surface area contributed by atoms with Gasteiger partial charge in [0.2, 0.25) is 0 Å². The fourth-order valence-electron chi connectivity index (χ4n) is 3.57. The van der Waals surface area contributed by atoms with Crippen molar-refractivity contribution < 1.29 is 9.90 Å². The van der Waals surface area contributed by atoms with Crippen molar-refractivity contribution in [2.24, 2.45) is 5.92 Å². The smallest absolute Gasteiger partial charge is 0.341 e. The highest BCUT2D eigenvalue weighted by Crippen LogP contribution is 2.27. The number of unbranched alkanes of at least 4 members (excludes halogenated alkanes) is 9. The van der Waals surface area contributed by atoms with Crippen LogP contribution in [0.3, 0.4) is 0 Å². The van der Waals surface area contributed by atoms with Crippen molar-refractivity contribution in [3.8, 4) is 0 Å². The number of aryl methyl sites for hydroxylation is 1. The second-order valence-electron chi connectivity index (χ2n) is 7.81. The number of hydrogen-bond donors (Lipinski definition) is 2. The number of H-pyrrole nitrogens is 1. The summed E-state index contributed by atoms with van der Waals surface area (Å²) in [6.07, 6.45) is 17.0. The molecule has 1 aromatic rings. The number of hydrogen-bond acceptors (Lipinski definition) is 1. The molecule has 0 saturated heterocycles. The molecule has 1 heterocycles. The van der Waals surface area contributed by atoms with Crippen molar-refractivity contribution in [1.82, 2.24) is 4.98 Å². The fourth-order valence-corrected chi connectivity index (χ4v) is 5.43. The number of rotatable bonds is 18. The van der Waals surface area contributed by atoms with Gasteiger partial charge in [0, 0.05) is 11.9 Å². The Morgan fingerprint density at radius 1 is 0.893 bits per heavy atom. The van der Waals surface area contributed by atoms with Crippen LogP contribution < -0.4 is 0 Å². The van der Waals surface area contributed by atoms with Crippen molar-refractivity contribution >= 4 is 45.2 Å². The standard InChI is InChI=1S/C21H36Cl3NO2Si/c22-28(23,24)18-11-7-3-1-2-4-8-13-19(21(26)27)14-9-5-6-10-15-20-16-12-17-25-20/h12,16-17,19,25H,1-11,13-15,18H2,(H,26,27). The average molecular weight is 469 g/mol. The number of aromatic nitrogens is 1. The summed E-state index contributed by atoms with van der Waals surface area (Å²) in [7, 11) is 0. The summed E-state index contributed by atoms with van der Waals surface area (Å²) in [6.45, 7) is 0. The maximum absolute atomic E-state index is 11.5. The van der Waals surface area contributed by atoms with Crippen molar-refractivity contribution in [2.45, 2.75) is 95.9 Å². The van der Waals surface area contributed by atoms with Gasteiger partial charge >= 0.3 is 12.0 Å². The molecule has 0 aliphatic carbocycles. The van der Waals surface area contributed by atoms with Gasteiger partial charge in [-0.15, -0.1) is 33.2 Å². The Labute approximate surface area is 185 Å². The van der Waals surface area contributed by atoms with E-state index in [1.54, 1.807) is 0 Å². The lowest BCUT2D eigenvalue weighted by Gasteiger charge is -2.12. The molecule has 28 heavy (non-hydrogen) atoms. The molecule has 0 saturated carbocycles. The van der Waals surface area contributed by atoms with E-state index in [2.05, 4.69) is 11.1 Å². The number of aliphatic carboxylic acids is 1. The van der Waals surface area contributed by atoms with E-state index < -0.39 is 12.0 Å². The third kappa shape index (κ3) is 14.8. The molecule has 1 aromatic heterocycles. The Kier molecular flexibility index (Phi) is 14.5. The highest BCUT2D eigenvalue weighted by atomic mass is 35.8. The number of carboxylic acid groups (broad SMARTS) is 1. The average Bonchev–Trinajstić information content (AvgIpc) is 3.13. The van der Waals surface area contributed by atoms with Crippen LogP contribution in [0.4, 0.5) is 0 Å². The number of carboxylic acids is 1. The van der Waals surface area contributed by atoms with Gasteiger partial charge in [-0.3, -0.25) is 4.79 Å². The summed E-state index contributed by atoms with van der Waals surface area (Å²) in [5, 5.41) is 9.43. The van der Waals surface area contributed by atoms with E-state index in [0.29, 0.717) is 0 Å². The van der Waals surface area contributed by atoms with E-state index in [0.717, 1.165) is 63.8 Å². The first-order valence-corrected chi connectivity index (χ1v) is 16.0. The first-order chi connectivity index (χ1) is 13.4. The summed E-state index contributed by atoms with van der Waals surface area (Å²) in [5.74, 6) is -0.792. The zero-order chi connectivity index (χ0) is 20.7. The van der Waals surface area contributed by atoms with Crippen LogP contribution in [-0.2, 0) is 11.2 Å². The number of nitrogens with one attached hydrogen (secondary N) is 1. The van der Waals surface area contributed by atoms with Crippen LogP contribution in [0.25, 0.3) is 0 Å². The Morgan fingerprint density at radius 3 is 1.93 bits per heavy atom. The molecule has 7 heteroatoms. The van der Waals surface area contributed by atoms with E-state index in [9.17, 15) is 9.90 Å². The summed E-state index contributed by atoms with van der Waals surface area (Å²) in [4.78, 5) is 14.7. The number of aromatic amines is 1. The normalized spacial score (nSPS) is 13.0. The van der Waals surface area contributed by atoms with Gasteiger partial charge in [0.1, 0.15) is 0 Å². The van der Waals surface area contributed by atoms with Crippen molar-refractivity contribution in [2.75, 3.05) is 0 Å². The zero-order valence-electron chi connectivity index (χ0n) is 16.9. The lowest BCUT2D eigenvalue weighted by Crippen LogP contribution is -2.13. The Morgan fingerprint density at radius 2 is 1.43 bits per heavy atom. The number of carbonyl (C=O) groups is 1. The van der Waals surface area contributed by atoms with Crippen LogP contribution in [0.2, 0.25) is 6.04 Å². The molecule has 0 amide bonds. The van der Waals surface area contributed by atoms with Gasteiger partial charge in [0.05, 0.1) is 5.92 Å². The minimum absolute atomic E-state index is 0.169. The van der Waals surface area contributed by atoms with Crippen LogP contribution in [0.1, 0.15) is 89.2 Å². The topological polar surface area (TPSA) is 53.1 Å². The second-order valence-corrected chi connectivity index (χ2v) is 17.1. The number of halogens is 3. The molecule has 0 bridgehead atoms. The van der Waals surface area contributed by atoms with Gasteiger partial charge in [0.15, 0.2) is 0 Å². The third-order valence-corrected chi connectivity index (χ3v) is 7.89. The molecule has 0 aromatic carbocycles. The highest BCUT2D eigenvalue weighted by Gasteiger charge is 2.23. The Hall–Kier alpha value is -0.163. The molecule has 0 aliphatic rings. The SMILES string of the molecule is O=C(O)C(CCCCCCCCC[Si](Cl)(Cl)Cl)CCCCCCc1ccc[nH]1. The largest absolute Gasteiger partial charge is 0.481 e. The van der Waals surface area contributed by atoms with Gasteiger partial charge in [-0.05, 0) is 43.9 Å². The van der Waals surface area contributed by atoms with Crippen LogP contribution in [-0.4, -0.2) is 22.1 Å². The first kappa shape index (κ1) is 25.9. The molecule has 0 fully saturated rings. The second kappa shape index (κ2) is 15.6. The van der Waals surface area contributed by atoms with Gasteiger partial charge in [-0.25, -0.2) is 0 Å². The quantitative estimate of drug-likeness (QED) is 0.130. The third-order valence-electron chi connectivity index (χ3n) is 5.27. The maximum Gasteiger partial charge on any atom is 0.341 e. The zero-order valence-corrected chi connectivity index (χ0v) is 20.2. The van der Waals surface area contributed by atoms with Crippen LogP contribution in [0.5, 0.6) is 0 Å². The van der Waals surface area contributed by atoms with E-state index >= 15 is 0 Å². The van der Waals surface area contributed by atoms with Crippen LogP contribution in [0.15, 0.2) is 18.3 Å². The highest BCUT2D eigenvalue weighted by molar-refractivity contribution is 7.64. The van der Waals surface area contributed by atoms with E-state index in [1.165, 1.54) is 37.8 Å². The molecule has 0 spiro atoms. The van der Waals surface area contributed by atoms with E-state index in [4.69, 9.17) is 33.2 Å². The molecule has 3 nitrogen and oxygen atoms in total. The van der Waals surface area contributed by atoms with Gasteiger partial charge in [0.25, 0.3) is 0 Å². The minimum atomic E-state index is -2.43. The predicted molar refractivity (Wildman–Crippen MR) is 124 cm³/mol. The van der Waals surface area contributed by atoms with Gasteiger partial charge in [-0.1, -0.05) is 64.2 Å². The fraction of sp³-hybridized carbons (Fsp3) is 0.762. The van der Waals surface area contributed by atoms with Crippen molar-refractivity contribution in [3.05, 3.63) is 24.0 Å². The van der Waals surface area contributed by atoms with Gasteiger partial charge < -0.3 is 10.1 Å². The van der Waals surface area contributed by atoms with E-state index in [-0.39, 0.29) is 5.92 Å². The molecule has 162 valence electrons. The molecule has 1 atom stereocenters. The summed E-state index contributed by atoms with van der Waals surface area (Å²) in [6, 6.07) is 2.47. The van der Waals surface area contributed by atoms with Crippen molar-refractivity contribution in [1.29, 1.82) is 0 Å². The van der Waals surface area contributed by atoms with Gasteiger partial charge in [-0.2, -0.15) is 0 Å². The van der Waals surface area contributed by atoms with E-state index in [1.807, 2.05) is 12.3 Å². The lowest BCUT2D eigenvalue weighted by atomic mass is 9.94. The Bertz CT molecular complexity index is 506. The molecular weight excluding hydrogens is 433 g/mol. The van der Waals surface area contributed by atoms with Crippen LogP contribution >= 0.6 is 33.2 Å². The summed E-state index contributed by atoms with van der Waals surface area (Å²) < 4.78 is 0. The van der Waals surface area contributed by atoms with Crippen LogP contribution in [0, 0.1) is 5.92 Å². The monoisotopic (exact) mass is 467 g/mol. The first-order valence-electron chi connectivity index (χ1n) is 10.8. The molecular formula is C21H36Cl3NO2Si.